The van der Waals surface area contributed by atoms with Crippen LogP contribution in [0, 0.1) is 17.8 Å². The van der Waals surface area contributed by atoms with Crippen molar-refractivity contribution in [3.63, 3.8) is 0 Å². The number of carbonyl (C=O) groups is 4. The van der Waals surface area contributed by atoms with Gasteiger partial charge in [-0.15, -0.1) is 0 Å². The van der Waals surface area contributed by atoms with Crippen molar-refractivity contribution in [1.82, 2.24) is 21.3 Å². The van der Waals surface area contributed by atoms with Crippen molar-refractivity contribution < 1.29 is 29.0 Å². The van der Waals surface area contributed by atoms with Gasteiger partial charge in [0.15, 0.2) is 0 Å². The number of benzene rings is 1. The van der Waals surface area contributed by atoms with Crippen molar-refractivity contribution in [1.29, 1.82) is 0 Å². The summed E-state index contributed by atoms with van der Waals surface area (Å²) in [7, 11) is 0. The molecule has 0 bridgehead atoms. The molecule has 0 aromatic heterocycles. The van der Waals surface area contributed by atoms with Crippen LogP contribution in [0.15, 0.2) is 23.8 Å². The van der Waals surface area contributed by atoms with E-state index in [2.05, 4.69) is 21.3 Å². The molecule has 2 heterocycles. The van der Waals surface area contributed by atoms with Gasteiger partial charge in [-0.2, -0.15) is 0 Å². The van der Waals surface area contributed by atoms with Gasteiger partial charge in [0, 0.05) is 16.5 Å². The highest BCUT2D eigenvalue weighted by molar-refractivity contribution is 6.30. The van der Waals surface area contributed by atoms with Crippen molar-refractivity contribution in [2.24, 2.45) is 17.8 Å². The van der Waals surface area contributed by atoms with E-state index in [4.69, 9.17) is 16.3 Å². The van der Waals surface area contributed by atoms with E-state index in [-0.39, 0.29) is 24.4 Å². The number of aliphatic hydroxyl groups is 1. The zero-order valence-electron chi connectivity index (χ0n) is 24.4. The number of aldehydes is 1. The number of carbonyl (C=O) groups excluding carboxylic acids is 4. The number of ether oxygens (including phenoxy) is 1. The van der Waals surface area contributed by atoms with Gasteiger partial charge in [-0.05, 0) is 61.9 Å². The quantitative estimate of drug-likeness (QED) is 0.231. The monoisotopic (exact) mass is 602 g/mol. The Morgan fingerprint density at radius 2 is 1.83 bits per heavy atom. The summed E-state index contributed by atoms with van der Waals surface area (Å²) in [6.07, 6.45) is 8.39. The molecule has 10 nitrogen and oxygen atoms in total. The van der Waals surface area contributed by atoms with Gasteiger partial charge >= 0.3 is 0 Å². The van der Waals surface area contributed by atoms with Crippen LogP contribution in [0.4, 0.5) is 0 Å². The SMILES string of the molecule is CC(C)[C@H](NC(=O)C1=Cc2cc(Cl)ccc2OC1)C(=O)N[C@@H](CC1CCCCC1)C(=O)N[C@H](C=O)C[C@@H]1CCNC1O. The number of hydrogen-bond acceptors (Lipinski definition) is 7. The summed E-state index contributed by atoms with van der Waals surface area (Å²) in [4.78, 5) is 52.2. The second kappa shape index (κ2) is 15.0. The summed E-state index contributed by atoms with van der Waals surface area (Å²) < 4.78 is 5.71. The normalized spacial score (nSPS) is 22.6. The molecule has 1 aliphatic carbocycles. The van der Waals surface area contributed by atoms with Crippen LogP contribution < -0.4 is 26.0 Å². The highest BCUT2D eigenvalue weighted by Gasteiger charge is 2.34. The summed E-state index contributed by atoms with van der Waals surface area (Å²) in [5.41, 5.74) is 1.04. The zero-order chi connectivity index (χ0) is 30.2. The first-order valence-corrected chi connectivity index (χ1v) is 15.4. The van der Waals surface area contributed by atoms with Gasteiger partial charge in [-0.1, -0.05) is 57.6 Å². The number of hydrogen-bond donors (Lipinski definition) is 5. The maximum Gasteiger partial charge on any atom is 0.251 e. The van der Waals surface area contributed by atoms with Crippen LogP contribution in [-0.2, 0) is 19.2 Å². The standard InChI is InChI=1S/C31H43ClN4O6/c1-18(2)27(36-29(39)22-13-21-14-23(32)8-9-26(21)42-17-22)31(41)35-25(12-19-6-4-3-5-7-19)30(40)34-24(16-37)15-20-10-11-33-28(20)38/h8-9,13-14,16,18-20,24-25,27-28,33,38H,3-7,10-12,15,17H2,1-2H3,(H,34,40)(H,35,41)(H,36,39)/t20-,24-,25-,27-,28?/m0/s1. The predicted molar refractivity (Wildman–Crippen MR) is 160 cm³/mol. The van der Waals surface area contributed by atoms with Crippen molar-refractivity contribution in [2.75, 3.05) is 13.2 Å². The van der Waals surface area contributed by atoms with Crippen molar-refractivity contribution in [3.05, 3.63) is 34.4 Å². The van der Waals surface area contributed by atoms with Crippen molar-refractivity contribution in [3.8, 4) is 5.75 Å². The topological polar surface area (TPSA) is 146 Å². The van der Waals surface area contributed by atoms with Gasteiger partial charge in [0.2, 0.25) is 11.8 Å². The molecular weight excluding hydrogens is 560 g/mol. The van der Waals surface area contributed by atoms with Crippen LogP contribution in [0.2, 0.25) is 5.02 Å². The largest absolute Gasteiger partial charge is 0.488 e. The molecule has 42 heavy (non-hydrogen) atoms. The minimum absolute atomic E-state index is 0.0535. The Labute approximate surface area is 252 Å². The van der Waals surface area contributed by atoms with Gasteiger partial charge in [0.25, 0.3) is 5.91 Å². The lowest BCUT2D eigenvalue weighted by atomic mass is 9.84. The first-order chi connectivity index (χ1) is 20.1. The molecule has 11 heteroatoms. The molecule has 1 saturated heterocycles. The Hall–Kier alpha value is -2.95. The van der Waals surface area contributed by atoms with E-state index in [1.165, 1.54) is 0 Å². The number of aliphatic hydroxyl groups excluding tert-OH is 1. The highest BCUT2D eigenvalue weighted by atomic mass is 35.5. The third-order valence-corrected chi connectivity index (χ3v) is 8.74. The molecule has 4 rings (SSSR count). The molecule has 2 aliphatic heterocycles. The summed E-state index contributed by atoms with van der Waals surface area (Å²) in [6, 6.07) is 2.62. The lowest BCUT2D eigenvalue weighted by molar-refractivity contribution is -0.133. The first-order valence-electron chi connectivity index (χ1n) is 15.1. The van der Waals surface area contributed by atoms with Crippen molar-refractivity contribution >= 4 is 41.7 Å². The van der Waals surface area contributed by atoms with E-state index in [9.17, 15) is 24.3 Å². The molecule has 2 fully saturated rings. The molecule has 1 aromatic carbocycles. The molecule has 3 amide bonds. The molecule has 5 N–H and O–H groups in total. The van der Waals surface area contributed by atoms with E-state index in [1.807, 2.05) is 13.8 Å². The molecule has 1 aromatic rings. The van der Waals surface area contributed by atoms with Crippen LogP contribution in [-0.4, -0.2) is 66.6 Å². The van der Waals surface area contributed by atoms with Crippen LogP contribution in [0.25, 0.3) is 6.08 Å². The molecule has 5 atom stereocenters. The second-order valence-corrected chi connectivity index (χ2v) is 12.5. The molecule has 0 radical (unpaired) electrons. The Morgan fingerprint density at radius 1 is 1.07 bits per heavy atom. The molecular formula is C31H43ClN4O6. The minimum Gasteiger partial charge on any atom is -0.488 e. The number of rotatable bonds is 12. The summed E-state index contributed by atoms with van der Waals surface area (Å²) in [5, 5.41) is 22.1. The third-order valence-electron chi connectivity index (χ3n) is 8.50. The van der Waals surface area contributed by atoms with Crippen LogP contribution in [0.1, 0.15) is 70.8 Å². The van der Waals surface area contributed by atoms with E-state index in [0.29, 0.717) is 54.0 Å². The molecule has 1 saturated carbocycles. The maximum absolute atomic E-state index is 13.6. The fourth-order valence-electron chi connectivity index (χ4n) is 6.04. The van der Waals surface area contributed by atoms with Crippen LogP contribution in [0.5, 0.6) is 5.75 Å². The lowest BCUT2D eigenvalue weighted by Crippen LogP contribution is -2.57. The third kappa shape index (κ3) is 8.55. The zero-order valence-corrected chi connectivity index (χ0v) is 25.1. The van der Waals surface area contributed by atoms with E-state index >= 15 is 0 Å². The van der Waals surface area contributed by atoms with Gasteiger partial charge in [-0.25, -0.2) is 0 Å². The summed E-state index contributed by atoms with van der Waals surface area (Å²) in [5.74, 6) is -0.851. The van der Waals surface area contributed by atoms with Crippen LogP contribution in [0.3, 0.4) is 0 Å². The number of amides is 3. The smallest absolute Gasteiger partial charge is 0.251 e. The number of halogens is 1. The number of nitrogens with one attached hydrogen (secondary N) is 4. The Bertz CT molecular complexity index is 1170. The van der Waals surface area contributed by atoms with E-state index in [0.717, 1.165) is 32.1 Å². The Balaban J connectivity index is 1.44. The fraction of sp³-hybridized carbons (Fsp3) is 0.613. The maximum atomic E-state index is 13.6. The first kappa shape index (κ1) is 32.0. The minimum atomic E-state index is -0.901. The molecule has 1 unspecified atom stereocenters. The summed E-state index contributed by atoms with van der Waals surface area (Å²) in [6.45, 7) is 4.35. The van der Waals surface area contributed by atoms with Gasteiger partial charge in [-0.3, -0.25) is 19.7 Å². The van der Waals surface area contributed by atoms with Crippen LogP contribution >= 0.6 is 11.6 Å². The van der Waals surface area contributed by atoms with Gasteiger partial charge in [0.05, 0.1) is 11.6 Å². The molecule has 0 spiro atoms. The lowest BCUT2D eigenvalue weighted by Gasteiger charge is -2.30. The van der Waals surface area contributed by atoms with Crippen molar-refractivity contribution in [2.45, 2.75) is 89.6 Å². The summed E-state index contributed by atoms with van der Waals surface area (Å²) >= 11 is 6.10. The van der Waals surface area contributed by atoms with Gasteiger partial charge in [0.1, 0.15) is 37.0 Å². The molecule has 230 valence electrons. The average molecular weight is 603 g/mol. The Kier molecular flexibility index (Phi) is 11.4. The van der Waals surface area contributed by atoms with E-state index in [1.54, 1.807) is 24.3 Å². The van der Waals surface area contributed by atoms with E-state index < -0.39 is 42.1 Å². The predicted octanol–water partition coefficient (Wildman–Crippen LogP) is 2.71. The van der Waals surface area contributed by atoms with Gasteiger partial charge < -0.3 is 30.6 Å². The fourth-order valence-corrected chi connectivity index (χ4v) is 6.22. The highest BCUT2D eigenvalue weighted by Crippen LogP contribution is 2.30. The Morgan fingerprint density at radius 3 is 2.50 bits per heavy atom. The second-order valence-electron chi connectivity index (χ2n) is 12.1. The number of fused-ring (bicyclic) bond motifs is 1. The molecule has 3 aliphatic rings. The average Bonchev–Trinajstić information content (AvgIpc) is 3.38.